The van der Waals surface area contributed by atoms with Crippen LogP contribution in [0.5, 0.6) is 0 Å². The Labute approximate surface area is 129 Å². The fourth-order valence-electron chi connectivity index (χ4n) is 1.90. The number of anilines is 1. The number of thioether (sulfide) groups is 1. The number of pyridine rings is 1. The molecule has 0 bridgehead atoms. The highest BCUT2D eigenvalue weighted by molar-refractivity contribution is 7.98. The summed E-state index contributed by atoms with van der Waals surface area (Å²) in [5.74, 6) is 0.909. The summed E-state index contributed by atoms with van der Waals surface area (Å²) in [6, 6.07) is 9.15. The number of aromatic amines is 1. The first-order valence-electron chi connectivity index (χ1n) is 5.96. The van der Waals surface area contributed by atoms with Crippen molar-refractivity contribution in [2.75, 3.05) is 5.73 Å². The zero-order valence-corrected chi connectivity index (χ0v) is 12.2. The third-order valence-corrected chi connectivity index (χ3v) is 4.30. The molecule has 2 aromatic heterocycles. The van der Waals surface area contributed by atoms with E-state index in [2.05, 4.69) is 26.5 Å². The highest BCUT2D eigenvalue weighted by Gasteiger charge is 2.12. The summed E-state index contributed by atoms with van der Waals surface area (Å²) >= 11 is 7.65. The van der Waals surface area contributed by atoms with Gasteiger partial charge in [-0.3, -0.25) is 0 Å². The molecule has 0 unspecified atom stereocenters. The minimum absolute atomic E-state index is 0.374. The van der Waals surface area contributed by atoms with Crippen molar-refractivity contribution in [2.24, 2.45) is 0 Å². The maximum absolute atomic E-state index is 9.15. The van der Waals surface area contributed by atoms with Gasteiger partial charge >= 0.3 is 0 Å². The van der Waals surface area contributed by atoms with E-state index in [9.17, 15) is 0 Å². The van der Waals surface area contributed by atoms with Crippen LogP contribution in [0.4, 0.5) is 5.82 Å². The van der Waals surface area contributed by atoms with Gasteiger partial charge in [0.15, 0.2) is 0 Å². The molecule has 0 saturated heterocycles. The minimum atomic E-state index is 0.374. The summed E-state index contributed by atoms with van der Waals surface area (Å²) in [5.41, 5.74) is 8.23. The van der Waals surface area contributed by atoms with E-state index in [1.807, 2.05) is 0 Å². The number of hydrogen-bond acceptors (Lipinski definition) is 6. The van der Waals surface area contributed by atoms with Gasteiger partial charge in [-0.25, -0.2) is 4.98 Å². The van der Waals surface area contributed by atoms with E-state index in [0.29, 0.717) is 33.3 Å². The lowest BCUT2D eigenvalue weighted by Gasteiger charge is -2.07. The predicted molar refractivity (Wildman–Crippen MR) is 81.8 cm³/mol. The van der Waals surface area contributed by atoms with Crippen LogP contribution in [0.3, 0.4) is 0 Å². The summed E-state index contributed by atoms with van der Waals surface area (Å²) in [6.45, 7) is 0. The van der Waals surface area contributed by atoms with Gasteiger partial charge in [-0.1, -0.05) is 17.7 Å². The summed E-state index contributed by atoms with van der Waals surface area (Å²) in [6.07, 6.45) is 0. The number of H-pyrrole nitrogens is 1. The van der Waals surface area contributed by atoms with Gasteiger partial charge in [0.2, 0.25) is 5.65 Å². The highest BCUT2D eigenvalue weighted by atomic mass is 35.5. The molecular weight excluding hydrogens is 308 g/mol. The van der Waals surface area contributed by atoms with Crippen molar-refractivity contribution in [1.82, 2.24) is 20.4 Å². The van der Waals surface area contributed by atoms with Crippen molar-refractivity contribution in [3.05, 3.63) is 40.4 Å². The topological polar surface area (TPSA) is 104 Å². The molecule has 1 aromatic carbocycles. The van der Waals surface area contributed by atoms with Gasteiger partial charge in [-0.05, 0) is 23.8 Å². The van der Waals surface area contributed by atoms with Gasteiger partial charge in [0.1, 0.15) is 11.3 Å². The Hall–Kier alpha value is -2.30. The molecule has 2 heterocycles. The summed E-state index contributed by atoms with van der Waals surface area (Å²) in [7, 11) is 0. The number of nitrogens with two attached hydrogens (primary N) is 1. The first-order valence-corrected chi connectivity index (χ1v) is 7.32. The molecule has 0 spiro atoms. The predicted octanol–water partition coefficient (Wildman–Crippen LogP) is 2.75. The van der Waals surface area contributed by atoms with Crippen LogP contribution in [0.25, 0.3) is 11.2 Å². The van der Waals surface area contributed by atoms with E-state index in [-0.39, 0.29) is 0 Å². The van der Waals surface area contributed by atoms with Crippen LogP contribution in [-0.2, 0) is 5.75 Å². The normalized spacial score (nSPS) is 10.7. The third-order valence-electron chi connectivity index (χ3n) is 2.89. The fraction of sp³-hybridized carbons (Fsp3) is 0.0769. The van der Waals surface area contributed by atoms with Gasteiger partial charge in [-0.2, -0.15) is 15.6 Å². The molecule has 3 rings (SSSR count). The monoisotopic (exact) mass is 316 g/mol. The Morgan fingerprint density at radius 3 is 3.05 bits per heavy atom. The molecule has 8 heteroatoms. The van der Waals surface area contributed by atoms with Crippen molar-refractivity contribution in [1.29, 1.82) is 5.26 Å². The quantitative estimate of drug-likeness (QED) is 0.720. The van der Waals surface area contributed by atoms with Crippen molar-refractivity contribution in [2.45, 2.75) is 10.6 Å². The zero-order chi connectivity index (χ0) is 14.8. The number of rotatable bonds is 3. The third kappa shape index (κ3) is 2.63. The average molecular weight is 317 g/mol. The molecule has 0 aliphatic rings. The number of nitrogens with one attached hydrogen (secondary N) is 1. The Balaban J connectivity index is 1.94. The Morgan fingerprint density at radius 1 is 1.38 bits per heavy atom. The molecular formula is C13H9ClN6S. The molecule has 0 aliphatic carbocycles. The van der Waals surface area contributed by atoms with E-state index in [4.69, 9.17) is 22.6 Å². The first kappa shape index (κ1) is 13.7. The average Bonchev–Trinajstić information content (AvgIpc) is 2.93. The lowest BCUT2D eigenvalue weighted by Crippen LogP contribution is -1.93. The van der Waals surface area contributed by atoms with Crippen LogP contribution in [0, 0.1) is 11.3 Å². The summed E-state index contributed by atoms with van der Waals surface area (Å²) in [5, 5.41) is 20.2. The van der Waals surface area contributed by atoms with Crippen molar-refractivity contribution in [3.8, 4) is 6.07 Å². The second-order valence-corrected chi connectivity index (χ2v) is 5.63. The van der Waals surface area contributed by atoms with Gasteiger partial charge < -0.3 is 5.73 Å². The Kier molecular flexibility index (Phi) is 3.64. The zero-order valence-electron chi connectivity index (χ0n) is 10.7. The van der Waals surface area contributed by atoms with Crippen molar-refractivity contribution < 1.29 is 0 Å². The Morgan fingerprint density at radius 2 is 2.24 bits per heavy atom. The highest BCUT2D eigenvalue weighted by Crippen LogP contribution is 2.32. The number of nitriles is 1. The first-order chi connectivity index (χ1) is 10.2. The number of nitrogens with zero attached hydrogens (tertiary/aromatic N) is 4. The second-order valence-electron chi connectivity index (χ2n) is 4.21. The van der Waals surface area contributed by atoms with Crippen molar-refractivity contribution in [3.63, 3.8) is 0 Å². The molecule has 0 aliphatic heterocycles. The maximum Gasteiger partial charge on any atom is 0.204 e. The largest absolute Gasteiger partial charge is 0.384 e. The van der Waals surface area contributed by atoms with Crippen LogP contribution < -0.4 is 5.73 Å². The summed E-state index contributed by atoms with van der Waals surface area (Å²) in [4.78, 5) is 4.93. The van der Waals surface area contributed by atoms with Crippen LogP contribution in [0.2, 0.25) is 5.02 Å². The SMILES string of the molecule is N#Cc1cccc(Cl)c1CSc1cc(N)nc2n[nH]nc12. The van der Waals surface area contributed by atoms with Gasteiger partial charge in [0, 0.05) is 15.7 Å². The number of benzene rings is 1. The summed E-state index contributed by atoms with van der Waals surface area (Å²) < 4.78 is 0. The molecule has 0 fully saturated rings. The van der Waals surface area contributed by atoms with Crippen LogP contribution in [0.15, 0.2) is 29.2 Å². The van der Waals surface area contributed by atoms with E-state index >= 15 is 0 Å². The molecule has 104 valence electrons. The lowest BCUT2D eigenvalue weighted by molar-refractivity contribution is 0.953. The molecule has 0 atom stereocenters. The maximum atomic E-state index is 9.15. The lowest BCUT2D eigenvalue weighted by atomic mass is 10.1. The molecule has 0 radical (unpaired) electrons. The smallest absolute Gasteiger partial charge is 0.204 e. The van der Waals surface area contributed by atoms with E-state index < -0.39 is 0 Å². The van der Waals surface area contributed by atoms with Crippen LogP contribution in [0.1, 0.15) is 11.1 Å². The van der Waals surface area contributed by atoms with Crippen LogP contribution >= 0.6 is 23.4 Å². The van der Waals surface area contributed by atoms with E-state index in [0.717, 1.165) is 10.5 Å². The van der Waals surface area contributed by atoms with Gasteiger partial charge in [0.05, 0.1) is 11.6 Å². The number of halogens is 1. The fourth-order valence-corrected chi connectivity index (χ4v) is 3.30. The van der Waals surface area contributed by atoms with Gasteiger partial charge in [0.25, 0.3) is 0 Å². The second kappa shape index (κ2) is 5.60. The molecule has 3 aromatic rings. The molecule has 0 saturated carbocycles. The molecule has 21 heavy (non-hydrogen) atoms. The Bertz CT molecular complexity index is 853. The van der Waals surface area contributed by atoms with Gasteiger partial charge in [-0.15, -0.1) is 16.9 Å². The van der Waals surface area contributed by atoms with E-state index in [1.165, 1.54) is 11.8 Å². The number of aromatic nitrogens is 4. The molecule has 6 nitrogen and oxygen atoms in total. The van der Waals surface area contributed by atoms with E-state index in [1.54, 1.807) is 24.3 Å². The minimum Gasteiger partial charge on any atom is -0.384 e. The standard InChI is InChI=1S/C13H9ClN6S/c14-9-3-1-2-7(5-15)8(9)6-21-10-4-11(16)17-13-12(10)18-20-19-13/h1-4H,6H2,(H3,16,17,18,19,20). The molecule has 3 N–H and O–H groups in total. The molecule has 0 amide bonds. The number of hydrogen-bond donors (Lipinski definition) is 2. The number of nitrogen functional groups attached to an aromatic ring is 1. The number of fused-ring (bicyclic) bond motifs is 1. The van der Waals surface area contributed by atoms with Crippen LogP contribution in [-0.4, -0.2) is 20.4 Å². The van der Waals surface area contributed by atoms with Crippen molar-refractivity contribution >= 4 is 40.3 Å².